The highest BCUT2D eigenvalue weighted by molar-refractivity contribution is 9.10. The molecule has 0 saturated carbocycles. The monoisotopic (exact) mass is 570 g/mol. The minimum absolute atomic E-state index is 0.117. The van der Waals surface area contributed by atoms with E-state index in [0.29, 0.717) is 16.7 Å². The van der Waals surface area contributed by atoms with E-state index in [9.17, 15) is 23.6 Å². The average molecular weight is 571 g/mol. The molecule has 3 aromatic carbocycles. The van der Waals surface area contributed by atoms with Crippen molar-refractivity contribution in [3.8, 4) is 0 Å². The Hall–Kier alpha value is -4.17. The molecular weight excluding hydrogens is 551 g/mol. The van der Waals surface area contributed by atoms with Crippen LogP contribution in [0, 0.1) is 17.7 Å². The fourth-order valence-electron chi connectivity index (χ4n) is 5.61. The Kier molecular flexibility index (Phi) is 5.91. The first-order valence-electron chi connectivity index (χ1n) is 12.1. The van der Waals surface area contributed by atoms with Gasteiger partial charge in [-0.15, -0.1) is 0 Å². The molecule has 2 amide bonds. The second kappa shape index (κ2) is 9.29. The van der Waals surface area contributed by atoms with E-state index >= 15 is 0 Å². The van der Waals surface area contributed by atoms with Gasteiger partial charge in [0.2, 0.25) is 11.8 Å². The number of hydrogen-bond donors (Lipinski definition) is 0. The van der Waals surface area contributed by atoms with Gasteiger partial charge in [0.15, 0.2) is 11.6 Å². The van der Waals surface area contributed by atoms with Gasteiger partial charge in [0.1, 0.15) is 11.9 Å². The predicted octanol–water partition coefficient (Wildman–Crippen LogP) is 4.97. The summed E-state index contributed by atoms with van der Waals surface area (Å²) in [6.45, 7) is 0. The zero-order valence-corrected chi connectivity index (χ0v) is 21.4. The molecule has 0 bridgehead atoms. The van der Waals surface area contributed by atoms with Crippen LogP contribution in [0.15, 0.2) is 107 Å². The lowest BCUT2D eigenvalue weighted by Crippen LogP contribution is -2.46. The van der Waals surface area contributed by atoms with E-state index < -0.39 is 41.6 Å². The summed E-state index contributed by atoms with van der Waals surface area (Å²) in [6, 6.07) is 19.1. The van der Waals surface area contributed by atoms with Crippen molar-refractivity contribution in [3.05, 3.63) is 124 Å². The highest BCUT2D eigenvalue weighted by Crippen LogP contribution is 2.47. The number of ketones is 2. The molecule has 188 valence electrons. The quantitative estimate of drug-likeness (QED) is 0.320. The smallest absolute Gasteiger partial charge is 0.240 e. The summed E-state index contributed by atoms with van der Waals surface area (Å²) >= 11 is 3.37. The van der Waals surface area contributed by atoms with Gasteiger partial charge < -0.3 is 4.90 Å². The van der Waals surface area contributed by atoms with Gasteiger partial charge in [0.05, 0.1) is 23.6 Å². The number of allylic oxidation sites excluding steroid dienone is 2. The van der Waals surface area contributed by atoms with Crippen LogP contribution in [0.5, 0.6) is 0 Å². The number of halogens is 2. The van der Waals surface area contributed by atoms with E-state index in [-0.39, 0.29) is 17.3 Å². The van der Waals surface area contributed by atoms with Crippen LogP contribution in [-0.2, 0) is 9.59 Å². The Morgan fingerprint density at radius 3 is 2.24 bits per heavy atom. The predicted molar refractivity (Wildman–Crippen MR) is 142 cm³/mol. The van der Waals surface area contributed by atoms with Gasteiger partial charge >= 0.3 is 0 Å². The number of anilines is 1. The van der Waals surface area contributed by atoms with Gasteiger partial charge in [-0.05, 0) is 36.4 Å². The number of amides is 2. The Bertz CT molecular complexity index is 1550. The number of carbonyl (C=O) groups excluding carboxylic acids is 4. The van der Waals surface area contributed by atoms with E-state index in [1.165, 1.54) is 18.2 Å². The van der Waals surface area contributed by atoms with E-state index in [1.807, 2.05) is 6.07 Å². The van der Waals surface area contributed by atoms with E-state index in [0.717, 1.165) is 15.4 Å². The fraction of sp³-hybridized carbons (Fsp3) is 0.133. The zero-order chi connectivity index (χ0) is 26.6. The standard InChI is InChI=1S/C30H20BrFN2O4/c31-20-11-9-18(10-12-20)28(36)26-25-24(29(37)34(30(25)38)22-8-4-7-21(32)16-22)23-15-19(13-14-33(23)26)27(35)17-5-2-1-3-6-17/h1-16,23-26H/t23-,24-,25-,26+/m0/s1. The van der Waals surface area contributed by atoms with Gasteiger partial charge in [0.25, 0.3) is 0 Å². The van der Waals surface area contributed by atoms with Crippen molar-refractivity contribution in [1.29, 1.82) is 0 Å². The van der Waals surface area contributed by atoms with Crippen molar-refractivity contribution in [2.45, 2.75) is 12.1 Å². The first-order valence-corrected chi connectivity index (χ1v) is 12.8. The maximum atomic E-state index is 14.0. The van der Waals surface area contributed by atoms with Crippen molar-refractivity contribution < 1.29 is 23.6 Å². The largest absolute Gasteiger partial charge is 0.359 e. The highest BCUT2D eigenvalue weighted by Gasteiger charge is 2.63. The molecule has 6 nitrogen and oxygen atoms in total. The number of fused-ring (bicyclic) bond motifs is 3. The van der Waals surface area contributed by atoms with Crippen LogP contribution in [0.2, 0.25) is 0 Å². The first-order chi connectivity index (χ1) is 18.3. The lowest BCUT2D eigenvalue weighted by atomic mass is 9.85. The van der Waals surface area contributed by atoms with Gasteiger partial charge in [-0.25, -0.2) is 9.29 Å². The second-order valence-corrected chi connectivity index (χ2v) is 10.3. The van der Waals surface area contributed by atoms with Crippen molar-refractivity contribution in [2.24, 2.45) is 11.8 Å². The molecule has 0 N–H and O–H groups in total. The van der Waals surface area contributed by atoms with E-state index in [4.69, 9.17) is 0 Å². The SMILES string of the molecule is O=C(C1=C[C@H]2[C@@H]3C(=O)N(c4cccc(F)c4)C(=O)[C@@H]3[C@H](C(=O)c3ccc(Br)cc3)N2C=C1)c1ccccc1. The van der Waals surface area contributed by atoms with Crippen molar-refractivity contribution in [3.63, 3.8) is 0 Å². The van der Waals surface area contributed by atoms with Crippen LogP contribution in [0.1, 0.15) is 20.7 Å². The van der Waals surface area contributed by atoms with Crippen LogP contribution in [0.4, 0.5) is 10.1 Å². The normalized spacial score (nSPS) is 23.8. The van der Waals surface area contributed by atoms with Crippen LogP contribution < -0.4 is 4.90 Å². The molecule has 6 rings (SSSR count). The summed E-state index contributed by atoms with van der Waals surface area (Å²) < 4.78 is 14.8. The number of rotatable bonds is 5. The number of nitrogens with zero attached hydrogens (tertiary/aromatic N) is 2. The third-order valence-electron chi connectivity index (χ3n) is 7.31. The lowest BCUT2D eigenvalue weighted by molar-refractivity contribution is -0.123. The topological polar surface area (TPSA) is 74.8 Å². The molecule has 0 aliphatic carbocycles. The van der Waals surface area contributed by atoms with Crippen molar-refractivity contribution in [2.75, 3.05) is 4.90 Å². The second-order valence-electron chi connectivity index (χ2n) is 9.43. The van der Waals surface area contributed by atoms with Crippen molar-refractivity contribution >= 4 is 45.0 Å². The summed E-state index contributed by atoms with van der Waals surface area (Å²) in [6.07, 6.45) is 4.92. The average Bonchev–Trinajstić information content (AvgIpc) is 3.40. The molecule has 3 aliphatic heterocycles. The minimum Gasteiger partial charge on any atom is -0.359 e. The molecule has 0 radical (unpaired) electrons. The summed E-state index contributed by atoms with van der Waals surface area (Å²) in [4.78, 5) is 57.2. The molecular formula is C30H20BrFN2O4. The van der Waals surface area contributed by atoms with Crippen LogP contribution in [0.25, 0.3) is 0 Å². The Morgan fingerprint density at radius 1 is 0.816 bits per heavy atom. The summed E-state index contributed by atoms with van der Waals surface area (Å²) in [5.41, 5.74) is 1.37. The molecule has 8 heteroatoms. The molecule has 2 saturated heterocycles. The van der Waals surface area contributed by atoms with Crippen LogP contribution in [0.3, 0.4) is 0 Å². The van der Waals surface area contributed by atoms with Crippen molar-refractivity contribution in [1.82, 2.24) is 4.90 Å². The van der Waals surface area contributed by atoms with E-state index in [2.05, 4.69) is 15.9 Å². The Labute approximate surface area is 226 Å². The van der Waals surface area contributed by atoms with Crippen LogP contribution >= 0.6 is 15.9 Å². The Balaban J connectivity index is 1.44. The van der Waals surface area contributed by atoms with Crippen LogP contribution in [-0.4, -0.2) is 40.4 Å². The number of imide groups is 1. The molecule has 2 fully saturated rings. The number of hydrogen-bond acceptors (Lipinski definition) is 5. The molecule has 0 unspecified atom stereocenters. The highest BCUT2D eigenvalue weighted by atomic mass is 79.9. The number of Topliss-reactive ketones (excluding diaryl/α,β-unsaturated/α-hetero) is 2. The molecule has 38 heavy (non-hydrogen) atoms. The third-order valence-corrected chi connectivity index (χ3v) is 7.84. The lowest BCUT2D eigenvalue weighted by Gasteiger charge is -2.32. The maximum Gasteiger partial charge on any atom is 0.240 e. The molecule has 4 atom stereocenters. The molecule has 0 spiro atoms. The summed E-state index contributed by atoms with van der Waals surface area (Å²) in [7, 11) is 0. The number of carbonyl (C=O) groups is 4. The first kappa shape index (κ1) is 24.2. The summed E-state index contributed by atoms with van der Waals surface area (Å²) in [5, 5.41) is 0. The molecule has 0 aromatic heterocycles. The third kappa shape index (κ3) is 3.83. The van der Waals surface area contributed by atoms with E-state index in [1.54, 1.807) is 71.8 Å². The minimum atomic E-state index is -1.00. The zero-order valence-electron chi connectivity index (χ0n) is 19.8. The van der Waals surface area contributed by atoms with Gasteiger partial charge in [-0.2, -0.15) is 0 Å². The fourth-order valence-corrected chi connectivity index (χ4v) is 5.87. The van der Waals surface area contributed by atoms with Gasteiger partial charge in [0, 0.05) is 27.4 Å². The van der Waals surface area contributed by atoms with Gasteiger partial charge in [-0.3, -0.25) is 19.2 Å². The maximum absolute atomic E-state index is 14.0. The Morgan fingerprint density at radius 2 is 1.53 bits per heavy atom. The number of benzene rings is 3. The molecule has 3 aliphatic rings. The molecule has 3 aromatic rings. The van der Waals surface area contributed by atoms with Gasteiger partial charge in [-0.1, -0.05) is 70.5 Å². The molecule has 3 heterocycles. The summed E-state index contributed by atoms with van der Waals surface area (Å²) in [5.74, 6) is -4.12.